The van der Waals surface area contributed by atoms with Gasteiger partial charge in [0.2, 0.25) is 0 Å². The van der Waals surface area contributed by atoms with Crippen LogP contribution in [0.15, 0.2) is 84.4 Å². The lowest BCUT2D eigenvalue weighted by Crippen LogP contribution is -2.24. The van der Waals surface area contributed by atoms with Crippen LogP contribution in [-0.4, -0.2) is 18.4 Å². The van der Waals surface area contributed by atoms with Crippen LogP contribution in [-0.2, 0) is 16.1 Å². The zero-order valence-electron chi connectivity index (χ0n) is 17.0. The van der Waals surface area contributed by atoms with E-state index in [1.165, 1.54) is 24.3 Å². The van der Waals surface area contributed by atoms with Gasteiger partial charge in [-0.15, -0.1) is 0 Å². The van der Waals surface area contributed by atoms with Crippen molar-refractivity contribution in [1.82, 2.24) is 5.32 Å². The molecule has 3 rings (SSSR count). The number of nitriles is 1. The van der Waals surface area contributed by atoms with Crippen molar-refractivity contribution in [2.75, 3.05) is 11.9 Å². The monoisotopic (exact) mass is 429 g/mol. The number of amides is 2. The van der Waals surface area contributed by atoms with Crippen LogP contribution in [0.25, 0.3) is 6.08 Å². The van der Waals surface area contributed by atoms with Crippen LogP contribution in [0.1, 0.15) is 11.1 Å². The molecule has 3 aromatic rings. The zero-order valence-corrected chi connectivity index (χ0v) is 17.0. The van der Waals surface area contributed by atoms with E-state index in [0.29, 0.717) is 11.3 Å². The summed E-state index contributed by atoms with van der Waals surface area (Å²) < 4.78 is 19.2. The molecule has 0 aliphatic rings. The quantitative estimate of drug-likeness (QED) is 0.417. The van der Waals surface area contributed by atoms with Crippen LogP contribution in [0.3, 0.4) is 0 Å². The topological polar surface area (TPSA) is 91.2 Å². The maximum Gasteiger partial charge on any atom is 0.262 e. The van der Waals surface area contributed by atoms with Crippen molar-refractivity contribution in [1.29, 1.82) is 5.26 Å². The number of para-hydroxylation sites is 2. The number of rotatable bonds is 8. The fourth-order valence-electron chi connectivity index (χ4n) is 2.80. The number of nitrogens with one attached hydrogen (secondary N) is 2. The highest BCUT2D eigenvalue weighted by molar-refractivity contribution is 6.02. The molecule has 160 valence electrons. The molecule has 0 heterocycles. The van der Waals surface area contributed by atoms with Crippen molar-refractivity contribution in [2.45, 2.75) is 6.54 Å². The molecule has 0 radical (unpaired) electrons. The summed E-state index contributed by atoms with van der Waals surface area (Å²) in [5, 5.41) is 14.6. The largest absolute Gasteiger partial charge is 0.483 e. The number of carbonyl (C=O) groups excluding carboxylic acids is 2. The Morgan fingerprint density at radius 2 is 1.66 bits per heavy atom. The van der Waals surface area contributed by atoms with E-state index < -0.39 is 17.6 Å². The molecule has 0 bridgehead atoms. The van der Waals surface area contributed by atoms with E-state index in [9.17, 15) is 19.2 Å². The Hall–Kier alpha value is -4.44. The Morgan fingerprint density at radius 1 is 0.969 bits per heavy atom. The third kappa shape index (κ3) is 6.28. The molecule has 0 atom stereocenters. The first-order chi connectivity index (χ1) is 15.6. The maximum absolute atomic E-state index is 13.7. The number of ether oxygens (including phenoxy) is 1. The van der Waals surface area contributed by atoms with Crippen molar-refractivity contribution in [3.8, 4) is 11.8 Å². The van der Waals surface area contributed by atoms with Gasteiger partial charge in [-0.25, -0.2) is 4.39 Å². The van der Waals surface area contributed by atoms with Crippen LogP contribution in [0.5, 0.6) is 5.75 Å². The maximum atomic E-state index is 13.7. The zero-order chi connectivity index (χ0) is 22.8. The Balaban J connectivity index is 1.65. The van der Waals surface area contributed by atoms with E-state index in [-0.39, 0.29) is 24.4 Å². The molecule has 0 aliphatic carbocycles. The fourth-order valence-corrected chi connectivity index (χ4v) is 2.80. The van der Waals surface area contributed by atoms with E-state index in [0.717, 1.165) is 5.56 Å². The summed E-state index contributed by atoms with van der Waals surface area (Å²) in [6, 6.07) is 23.7. The molecule has 0 unspecified atom stereocenters. The van der Waals surface area contributed by atoms with E-state index in [1.807, 2.05) is 36.4 Å². The summed E-state index contributed by atoms with van der Waals surface area (Å²) in [7, 11) is 0. The molecular formula is C25H20FN3O3. The molecule has 6 nitrogen and oxygen atoms in total. The highest BCUT2D eigenvalue weighted by Gasteiger charge is 2.12. The minimum atomic E-state index is -0.552. The number of anilines is 1. The van der Waals surface area contributed by atoms with E-state index in [4.69, 9.17) is 4.74 Å². The number of halogens is 1. The second-order valence-electron chi connectivity index (χ2n) is 6.69. The van der Waals surface area contributed by atoms with Crippen molar-refractivity contribution in [3.63, 3.8) is 0 Å². The van der Waals surface area contributed by atoms with Crippen LogP contribution in [0.2, 0.25) is 0 Å². The average Bonchev–Trinajstić information content (AvgIpc) is 2.82. The molecule has 2 N–H and O–H groups in total. The van der Waals surface area contributed by atoms with Gasteiger partial charge >= 0.3 is 0 Å². The Kier molecular flexibility index (Phi) is 7.71. The van der Waals surface area contributed by atoms with Crippen LogP contribution in [0.4, 0.5) is 10.1 Å². The van der Waals surface area contributed by atoms with Gasteiger partial charge in [0.1, 0.15) is 23.2 Å². The Bertz CT molecular complexity index is 1170. The normalized spacial score (nSPS) is 10.7. The Labute approximate surface area is 185 Å². The predicted octanol–water partition coefficient (Wildman–Crippen LogP) is 4.07. The fraction of sp³-hybridized carbons (Fsp3) is 0.0800. The number of benzene rings is 3. The molecule has 0 aromatic heterocycles. The van der Waals surface area contributed by atoms with E-state index in [1.54, 1.807) is 30.3 Å². The predicted molar refractivity (Wildman–Crippen MR) is 119 cm³/mol. The lowest BCUT2D eigenvalue weighted by molar-refractivity contribution is -0.118. The first-order valence-corrected chi connectivity index (χ1v) is 9.77. The standard InChI is InChI=1S/C25H20FN3O3/c26-21-11-5-6-12-22(21)29-24(30)17-32-23-13-7-4-10-19(23)14-20(15-27)25(31)28-16-18-8-2-1-3-9-18/h1-14H,16-17H2,(H,28,31)(H,29,30)/b20-14+. The van der Waals surface area contributed by atoms with E-state index in [2.05, 4.69) is 10.6 Å². The molecule has 2 amide bonds. The molecule has 0 fully saturated rings. The van der Waals surface area contributed by atoms with Gasteiger partial charge < -0.3 is 15.4 Å². The number of hydrogen-bond donors (Lipinski definition) is 2. The lowest BCUT2D eigenvalue weighted by Gasteiger charge is -2.11. The van der Waals surface area contributed by atoms with Crippen molar-refractivity contribution >= 4 is 23.6 Å². The minimum Gasteiger partial charge on any atom is -0.483 e. The Morgan fingerprint density at radius 3 is 2.41 bits per heavy atom. The SMILES string of the molecule is N#C/C(=C\c1ccccc1OCC(=O)Nc1ccccc1F)C(=O)NCc1ccccc1. The van der Waals surface area contributed by atoms with Crippen LogP contribution >= 0.6 is 0 Å². The second-order valence-corrected chi connectivity index (χ2v) is 6.69. The first-order valence-electron chi connectivity index (χ1n) is 9.77. The smallest absolute Gasteiger partial charge is 0.262 e. The third-order valence-electron chi connectivity index (χ3n) is 4.39. The summed E-state index contributed by atoms with van der Waals surface area (Å²) in [5.41, 5.74) is 1.31. The second kappa shape index (κ2) is 11.1. The molecule has 7 heteroatoms. The lowest BCUT2D eigenvalue weighted by atomic mass is 10.1. The van der Waals surface area contributed by atoms with Gasteiger partial charge in [-0.1, -0.05) is 60.7 Å². The van der Waals surface area contributed by atoms with Gasteiger partial charge in [-0.05, 0) is 29.8 Å². The van der Waals surface area contributed by atoms with Gasteiger partial charge in [-0.2, -0.15) is 5.26 Å². The first kappa shape index (κ1) is 22.2. The summed E-state index contributed by atoms with van der Waals surface area (Å²) in [5.74, 6) is -1.32. The molecular weight excluding hydrogens is 409 g/mol. The summed E-state index contributed by atoms with van der Waals surface area (Å²) in [4.78, 5) is 24.5. The molecule has 0 aliphatic heterocycles. The van der Waals surface area contributed by atoms with Gasteiger partial charge in [0, 0.05) is 12.1 Å². The number of nitrogens with zero attached hydrogens (tertiary/aromatic N) is 1. The molecule has 3 aromatic carbocycles. The summed E-state index contributed by atoms with van der Waals surface area (Å²) in [6.07, 6.45) is 1.39. The number of carbonyl (C=O) groups is 2. The number of hydrogen-bond acceptors (Lipinski definition) is 4. The van der Waals surface area contributed by atoms with Gasteiger partial charge in [0.05, 0.1) is 5.69 Å². The van der Waals surface area contributed by atoms with E-state index >= 15 is 0 Å². The molecule has 0 saturated heterocycles. The molecule has 0 saturated carbocycles. The summed E-state index contributed by atoms with van der Waals surface area (Å²) in [6.45, 7) is -0.0890. The average molecular weight is 429 g/mol. The van der Waals surface area contributed by atoms with Gasteiger partial charge in [0.25, 0.3) is 11.8 Å². The summed E-state index contributed by atoms with van der Waals surface area (Å²) >= 11 is 0. The van der Waals surface area contributed by atoms with Crippen molar-refractivity contribution in [2.24, 2.45) is 0 Å². The molecule has 0 spiro atoms. The highest BCUT2D eigenvalue weighted by Crippen LogP contribution is 2.21. The van der Waals surface area contributed by atoms with Crippen LogP contribution in [0, 0.1) is 17.1 Å². The highest BCUT2D eigenvalue weighted by atomic mass is 19.1. The molecule has 32 heavy (non-hydrogen) atoms. The third-order valence-corrected chi connectivity index (χ3v) is 4.39. The van der Waals surface area contributed by atoms with Crippen molar-refractivity contribution in [3.05, 3.63) is 101 Å². The van der Waals surface area contributed by atoms with Crippen LogP contribution < -0.4 is 15.4 Å². The minimum absolute atomic E-state index is 0.0520. The van der Waals surface area contributed by atoms with Gasteiger partial charge in [-0.3, -0.25) is 9.59 Å². The van der Waals surface area contributed by atoms with Gasteiger partial charge in [0.15, 0.2) is 6.61 Å². The van der Waals surface area contributed by atoms with Crippen molar-refractivity contribution < 1.29 is 18.7 Å².